The van der Waals surface area contributed by atoms with E-state index in [1.807, 2.05) is 31.2 Å². The number of carbonyl (C=O) groups is 2. The minimum absolute atomic E-state index is 0.00890. The Morgan fingerprint density at radius 1 is 1.11 bits per heavy atom. The van der Waals surface area contributed by atoms with Gasteiger partial charge in [0.2, 0.25) is 5.91 Å². The molecule has 0 spiro atoms. The summed E-state index contributed by atoms with van der Waals surface area (Å²) in [6.45, 7) is 3.95. The van der Waals surface area contributed by atoms with Crippen LogP contribution in [0, 0.1) is 0 Å². The second kappa shape index (κ2) is 10.2. The molecule has 2 amide bonds. The Bertz CT molecular complexity index is 794. The standard InChI is InChI=1S/C20H22Cl2N2O3/c1-3-4-19(25)24-16-8-5-14(6-9-16)12-23-20(26)13(2)27-18-10-7-15(21)11-17(18)22/h5-11,13H,3-4,12H2,1-2H3,(H,23,26)(H,24,25). The first-order chi connectivity index (χ1) is 12.9. The number of nitrogens with one attached hydrogen (secondary N) is 2. The summed E-state index contributed by atoms with van der Waals surface area (Å²) in [5, 5.41) is 6.48. The highest BCUT2D eigenvalue weighted by molar-refractivity contribution is 6.35. The summed E-state index contributed by atoms with van der Waals surface area (Å²) in [7, 11) is 0. The highest BCUT2D eigenvalue weighted by atomic mass is 35.5. The average Bonchev–Trinajstić information content (AvgIpc) is 2.63. The molecule has 2 N–H and O–H groups in total. The second-order valence-corrected chi connectivity index (χ2v) is 6.89. The van der Waals surface area contributed by atoms with Crippen LogP contribution < -0.4 is 15.4 Å². The first-order valence-electron chi connectivity index (χ1n) is 8.67. The zero-order valence-corrected chi connectivity index (χ0v) is 16.7. The molecule has 2 aromatic carbocycles. The van der Waals surface area contributed by atoms with E-state index in [4.69, 9.17) is 27.9 Å². The lowest BCUT2D eigenvalue weighted by Crippen LogP contribution is -2.35. The maximum atomic E-state index is 12.2. The summed E-state index contributed by atoms with van der Waals surface area (Å²) in [5.74, 6) is 0.127. The minimum atomic E-state index is -0.712. The molecule has 7 heteroatoms. The van der Waals surface area contributed by atoms with Crippen molar-refractivity contribution in [2.75, 3.05) is 5.32 Å². The Balaban J connectivity index is 1.84. The van der Waals surface area contributed by atoms with Gasteiger partial charge < -0.3 is 15.4 Å². The number of rotatable bonds is 8. The maximum absolute atomic E-state index is 12.2. The van der Waals surface area contributed by atoms with Gasteiger partial charge in [-0.15, -0.1) is 0 Å². The Kier molecular flexibility index (Phi) is 7.95. The fraction of sp³-hybridized carbons (Fsp3) is 0.300. The number of benzene rings is 2. The van der Waals surface area contributed by atoms with Crippen LogP contribution in [-0.4, -0.2) is 17.9 Å². The summed E-state index contributed by atoms with van der Waals surface area (Å²) >= 11 is 11.9. The third-order valence-corrected chi connectivity index (χ3v) is 4.28. The van der Waals surface area contributed by atoms with E-state index in [2.05, 4.69) is 10.6 Å². The van der Waals surface area contributed by atoms with E-state index in [-0.39, 0.29) is 11.8 Å². The van der Waals surface area contributed by atoms with Gasteiger partial charge in [-0.25, -0.2) is 0 Å². The van der Waals surface area contributed by atoms with Crippen LogP contribution >= 0.6 is 23.2 Å². The van der Waals surface area contributed by atoms with Crippen molar-refractivity contribution in [3.8, 4) is 5.75 Å². The first-order valence-corrected chi connectivity index (χ1v) is 9.43. The van der Waals surface area contributed by atoms with E-state index < -0.39 is 6.10 Å². The van der Waals surface area contributed by atoms with Crippen molar-refractivity contribution in [2.45, 2.75) is 39.3 Å². The third kappa shape index (κ3) is 6.77. The average molecular weight is 409 g/mol. The minimum Gasteiger partial charge on any atom is -0.479 e. The van der Waals surface area contributed by atoms with E-state index in [0.29, 0.717) is 28.8 Å². The normalized spacial score (nSPS) is 11.6. The Hall–Kier alpha value is -2.24. The van der Waals surface area contributed by atoms with E-state index in [1.54, 1.807) is 25.1 Å². The lowest BCUT2D eigenvalue weighted by Gasteiger charge is -2.16. The van der Waals surface area contributed by atoms with Gasteiger partial charge in [0.1, 0.15) is 5.75 Å². The Morgan fingerprint density at radius 3 is 2.44 bits per heavy atom. The molecule has 0 aliphatic heterocycles. The van der Waals surface area contributed by atoms with E-state index in [1.165, 1.54) is 0 Å². The van der Waals surface area contributed by atoms with Gasteiger partial charge in [0, 0.05) is 23.7 Å². The van der Waals surface area contributed by atoms with Crippen LogP contribution in [0.2, 0.25) is 10.0 Å². The van der Waals surface area contributed by atoms with Crippen LogP contribution in [0.3, 0.4) is 0 Å². The molecule has 0 radical (unpaired) electrons. The van der Waals surface area contributed by atoms with Crippen molar-refractivity contribution in [1.82, 2.24) is 5.32 Å². The molecular weight excluding hydrogens is 387 g/mol. The summed E-state index contributed by atoms with van der Waals surface area (Å²) in [6.07, 6.45) is 0.585. The van der Waals surface area contributed by atoms with E-state index in [0.717, 1.165) is 17.7 Å². The number of carbonyl (C=O) groups excluding carboxylic acids is 2. The molecule has 1 atom stereocenters. The van der Waals surface area contributed by atoms with Crippen molar-refractivity contribution in [2.24, 2.45) is 0 Å². The van der Waals surface area contributed by atoms with E-state index in [9.17, 15) is 9.59 Å². The fourth-order valence-electron chi connectivity index (χ4n) is 2.30. The van der Waals surface area contributed by atoms with Crippen LogP contribution in [0.1, 0.15) is 32.3 Å². The molecule has 0 saturated carbocycles. The molecule has 27 heavy (non-hydrogen) atoms. The Labute approximate surface area is 169 Å². The molecule has 2 rings (SSSR count). The zero-order valence-electron chi connectivity index (χ0n) is 15.2. The summed E-state index contributed by atoms with van der Waals surface area (Å²) in [4.78, 5) is 23.8. The van der Waals surface area contributed by atoms with Crippen molar-refractivity contribution >= 4 is 40.7 Å². The molecule has 0 aliphatic rings. The van der Waals surface area contributed by atoms with Crippen molar-refractivity contribution in [3.05, 3.63) is 58.1 Å². The van der Waals surface area contributed by atoms with Gasteiger partial charge in [0.15, 0.2) is 6.10 Å². The van der Waals surface area contributed by atoms with Crippen LogP contribution in [-0.2, 0) is 16.1 Å². The van der Waals surface area contributed by atoms with Crippen molar-refractivity contribution in [1.29, 1.82) is 0 Å². The third-order valence-electron chi connectivity index (χ3n) is 3.75. The van der Waals surface area contributed by atoms with Gasteiger partial charge >= 0.3 is 0 Å². The molecule has 0 fully saturated rings. The number of anilines is 1. The number of hydrogen-bond donors (Lipinski definition) is 2. The number of hydrogen-bond acceptors (Lipinski definition) is 3. The summed E-state index contributed by atoms with van der Waals surface area (Å²) < 4.78 is 5.59. The topological polar surface area (TPSA) is 67.4 Å². The monoisotopic (exact) mass is 408 g/mol. The number of halogens is 2. The number of ether oxygens (including phenoxy) is 1. The predicted octanol–water partition coefficient (Wildman–Crippen LogP) is 4.82. The predicted molar refractivity (Wildman–Crippen MR) is 108 cm³/mol. The molecule has 2 aromatic rings. The van der Waals surface area contributed by atoms with Crippen LogP contribution in [0.4, 0.5) is 5.69 Å². The highest BCUT2D eigenvalue weighted by Gasteiger charge is 2.16. The van der Waals surface area contributed by atoms with Gasteiger partial charge in [-0.05, 0) is 49.2 Å². The molecule has 0 heterocycles. The molecule has 5 nitrogen and oxygen atoms in total. The van der Waals surface area contributed by atoms with E-state index >= 15 is 0 Å². The van der Waals surface area contributed by atoms with Crippen molar-refractivity contribution in [3.63, 3.8) is 0 Å². The largest absolute Gasteiger partial charge is 0.479 e. The van der Waals surface area contributed by atoms with Gasteiger partial charge in [-0.2, -0.15) is 0 Å². The molecule has 144 valence electrons. The second-order valence-electron chi connectivity index (χ2n) is 6.05. The van der Waals surface area contributed by atoms with Crippen LogP contribution in [0.25, 0.3) is 0 Å². The van der Waals surface area contributed by atoms with Gasteiger partial charge in [0.05, 0.1) is 5.02 Å². The lowest BCUT2D eigenvalue weighted by molar-refractivity contribution is -0.127. The quantitative estimate of drug-likeness (QED) is 0.657. The van der Waals surface area contributed by atoms with Gasteiger partial charge in [-0.1, -0.05) is 42.3 Å². The number of amides is 2. The van der Waals surface area contributed by atoms with Gasteiger partial charge in [0.25, 0.3) is 5.91 Å². The smallest absolute Gasteiger partial charge is 0.261 e. The van der Waals surface area contributed by atoms with Crippen LogP contribution in [0.5, 0.6) is 5.75 Å². The molecule has 1 unspecified atom stereocenters. The first kappa shape index (κ1) is 21.1. The molecule has 0 bridgehead atoms. The summed E-state index contributed by atoms with van der Waals surface area (Å²) in [6, 6.07) is 12.1. The summed E-state index contributed by atoms with van der Waals surface area (Å²) in [5.41, 5.74) is 1.64. The Morgan fingerprint density at radius 2 is 1.81 bits per heavy atom. The molecular formula is C20H22Cl2N2O3. The molecule has 0 saturated heterocycles. The molecule has 0 aliphatic carbocycles. The lowest BCUT2D eigenvalue weighted by atomic mass is 10.2. The maximum Gasteiger partial charge on any atom is 0.261 e. The van der Waals surface area contributed by atoms with Crippen LogP contribution in [0.15, 0.2) is 42.5 Å². The van der Waals surface area contributed by atoms with Gasteiger partial charge in [-0.3, -0.25) is 9.59 Å². The fourth-order valence-corrected chi connectivity index (χ4v) is 2.76. The van der Waals surface area contributed by atoms with Crippen molar-refractivity contribution < 1.29 is 14.3 Å². The molecule has 0 aromatic heterocycles. The highest BCUT2D eigenvalue weighted by Crippen LogP contribution is 2.28. The SMILES string of the molecule is CCCC(=O)Nc1ccc(CNC(=O)C(C)Oc2ccc(Cl)cc2Cl)cc1. The zero-order chi connectivity index (χ0) is 19.8.